The third-order valence-corrected chi connectivity index (χ3v) is 5.56. The second-order valence-corrected chi connectivity index (χ2v) is 7.37. The van der Waals surface area contributed by atoms with Crippen molar-refractivity contribution in [3.63, 3.8) is 0 Å². The molecule has 4 rings (SSSR count). The molecular formula is C19H17ClN2O3. The minimum absolute atomic E-state index is 0.119. The molecule has 1 atom stereocenters. The second-order valence-electron chi connectivity index (χ2n) is 6.93. The largest absolute Gasteiger partial charge is 0.456 e. The Morgan fingerprint density at radius 1 is 1.24 bits per heavy atom. The number of halogens is 1. The number of nitro groups is 1. The molecule has 0 unspecified atom stereocenters. The average Bonchev–Trinajstić information content (AvgIpc) is 2.74. The first-order chi connectivity index (χ1) is 11.8. The maximum atomic E-state index is 11.5. The molecule has 6 heteroatoms. The molecular weight excluding hydrogens is 340 g/mol. The number of likely N-dealkylation sites (N-methyl/N-ethyl adjacent to an activating group) is 1. The fraction of sp³-hybridized carbons (Fsp3) is 0.263. The van der Waals surface area contributed by atoms with Crippen LogP contribution in [0.5, 0.6) is 5.75 Å². The molecule has 2 aliphatic rings. The minimum atomic E-state index is -0.845. The molecule has 2 aliphatic heterocycles. The number of fused-ring (bicyclic) bond motifs is 2. The fourth-order valence-electron chi connectivity index (χ4n) is 3.96. The molecule has 0 fully saturated rings. The highest BCUT2D eigenvalue weighted by Crippen LogP contribution is 2.55. The van der Waals surface area contributed by atoms with Gasteiger partial charge in [-0.2, -0.15) is 0 Å². The maximum absolute atomic E-state index is 11.5. The van der Waals surface area contributed by atoms with Crippen molar-refractivity contribution in [3.8, 4) is 5.75 Å². The molecule has 0 aromatic heterocycles. The number of benzene rings is 2. The summed E-state index contributed by atoms with van der Waals surface area (Å²) in [7, 11) is 1.95. The van der Waals surface area contributed by atoms with Crippen molar-refractivity contribution in [1.29, 1.82) is 0 Å². The van der Waals surface area contributed by atoms with Gasteiger partial charge in [0.2, 0.25) is 11.5 Å². The summed E-state index contributed by atoms with van der Waals surface area (Å²) in [6.45, 7) is 4.18. The van der Waals surface area contributed by atoms with Gasteiger partial charge in [0, 0.05) is 29.4 Å². The van der Waals surface area contributed by atoms with E-state index in [0.29, 0.717) is 10.6 Å². The zero-order valence-corrected chi connectivity index (χ0v) is 14.9. The molecule has 0 amide bonds. The third-order valence-electron chi connectivity index (χ3n) is 5.34. The average molecular weight is 357 g/mol. The van der Waals surface area contributed by atoms with Gasteiger partial charge < -0.3 is 9.64 Å². The summed E-state index contributed by atoms with van der Waals surface area (Å²) in [6.07, 6.45) is 3.83. The maximum Gasteiger partial charge on any atom is 0.313 e. The first kappa shape index (κ1) is 16.0. The zero-order chi connectivity index (χ0) is 18.0. The van der Waals surface area contributed by atoms with Gasteiger partial charge in [-0.1, -0.05) is 29.8 Å². The van der Waals surface area contributed by atoms with Crippen LogP contribution in [0.1, 0.15) is 25.0 Å². The highest BCUT2D eigenvalue weighted by Gasteiger charge is 2.58. The summed E-state index contributed by atoms with van der Waals surface area (Å²) in [5.74, 6) is 0.254. The fourth-order valence-corrected chi connectivity index (χ4v) is 4.19. The third kappa shape index (κ3) is 1.96. The van der Waals surface area contributed by atoms with E-state index in [1.165, 1.54) is 6.07 Å². The minimum Gasteiger partial charge on any atom is -0.456 e. The van der Waals surface area contributed by atoms with E-state index in [1.54, 1.807) is 6.07 Å². The molecule has 2 aromatic carbocycles. The molecule has 0 N–H and O–H groups in total. The Morgan fingerprint density at radius 2 is 1.96 bits per heavy atom. The molecule has 25 heavy (non-hydrogen) atoms. The summed E-state index contributed by atoms with van der Waals surface area (Å²) in [5.41, 5.74) is 1.44. The van der Waals surface area contributed by atoms with Crippen LogP contribution >= 0.6 is 11.6 Å². The van der Waals surface area contributed by atoms with Crippen LogP contribution in [0.15, 0.2) is 42.5 Å². The Balaban J connectivity index is 1.93. The van der Waals surface area contributed by atoms with E-state index >= 15 is 0 Å². The molecule has 0 saturated heterocycles. The first-order valence-corrected chi connectivity index (χ1v) is 8.35. The number of hydrogen-bond donors (Lipinski definition) is 0. The lowest BCUT2D eigenvalue weighted by molar-refractivity contribution is -0.386. The molecule has 0 aliphatic carbocycles. The van der Waals surface area contributed by atoms with Gasteiger partial charge in [0.15, 0.2) is 0 Å². The molecule has 1 spiro atoms. The van der Waals surface area contributed by atoms with Crippen LogP contribution < -0.4 is 9.64 Å². The van der Waals surface area contributed by atoms with Gasteiger partial charge in [0.05, 0.1) is 10.3 Å². The number of ether oxygens (including phenoxy) is 1. The van der Waals surface area contributed by atoms with Crippen LogP contribution in [-0.4, -0.2) is 17.7 Å². The molecule has 5 nitrogen and oxygen atoms in total. The van der Waals surface area contributed by atoms with E-state index < -0.39 is 16.1 Å². The smallest absolute Gasteiger partial charge is 0.313 e. The molecule has 2 aromatic rings. The van der Waals surface area contributed by atoms with Gasteiger partial charge in [0.25, 0.3) is 0 Å². The van der Waals surface area contributed by atoms with E-state index in [1.807, 2.05) is 42.3 Å². The summed E-state index contributed by atoms with van der Waals surface area (Å²) < 4.78 is 6.38. The van der Waals surface area contributed by atoms with E-state index in [4.69, 9.17) is 16.3 Å². The molecule has 0 saturated carbocycles. The Labute approximate surface area is 150 Å². The van der Waals surface area contributed by atoms with E-state index in [2.05, 4.69) is 19.9 Å². The Bertz CT molecular complexity index is 938. The van der Waals surface area contributed by atoms with Crippen molar-refractivity contribution >= 4 is 29.1 Å². The van der Waals surface area contributed by atoms with Crippen molar-refractivity contribution in [1.82, 2.24) is 0 Å². The summed E-state index contributed by atoms with van der Waals surface area (Å²) >= 11 is 6.03. The zero-order valence-electron chi connectivity index (χ0n) is 14.1. The topological polar surface area (TPSA) is 55.6 Å². The van der Waals surface area contributed by atoms with Crippen molar-refractivity contribution in [2.24, 2.45) is 0 Å². The van der Waals surface area contributed by atoms with E-state index in [-0.39, 0.29) is 11.4 Å². The van der Waals surface area contributed by atoms with Gasteiger partial charge in [0.1, 0.15) is 0 Å². The first-order valence-electron chi connectivity index (χ1n) is 7.97. The number of hydrogen-bond acceptors (Lipinski definition) is 4. The lowest BCUT2D eigenvalue weighted by Crippen LogP contribution is -2.58. The Hall–Kier alpha value is -2.53. The number of rotatable bonds is 1. The van der Waals surface area contributed by atoms with E-state index in [9.17, 15) is 10.1 Å². The van der Waals surface area contributed by atoms with Gasteiger partial charge in [-0.25, -0.2) is 0 Å². The van der Waals surface area contributed by atoms with Gasteiger partial charge >= 0.3 is 5.69 Å². The number of anilines is 1. The second kappa shape index (κ2) is 4.99. The summed E-state index contributed by atoms with van der Waals surface area (Å²) in [6, 6.07) is 11.1. The van der Waals surface area contributed by atoms with Gasteiger partial charge in [-0.05, 0) is 43.7 Å². The van der Waals surface area contributed by atoms with Crippen molar-refractivity contribution < 1.29 is 9.66 Å². The van der Waals surface area contributed by atoms with Crippen molar-refractivity contribution in [3.05, 3.63) is 68.7 Å². The highest BCUT2D eigenvalue weighted by atomic mass is 35.5. The Morgan fingerprint density at radius 3 is 2.64 bits per heavy atom. The summed E-state index contributed by atoms with van der Waals surface area (Å²) in [5, 5.41) is 11.8. The predicted octanol–water partition coefficient (Wildman–Crippen LogP) is 4.78. The van der Waals surface area contributed by atoms with Crippen molar-refractivity contribution in [2.75, 3.05) is 11.9 Å². The van der Waals surface area contributed by atoms with E-state index in [0.717, 1.165) is 11.3 Å². The molecule has 0 radical (unpaired) electrons. The quantitative estimate of drug-likeness (QED) is 0.545. The van der Waals surface area contributed by atoms with Crippen LogP contribution in [0.3, 0.4) is 0 Å². The lowest BCUT2D eigenvalue weighted by Gasteiger charge is -2.45. The monoisotopic (exact) mass is 356 g/mol. The summed E-state index contributed by atoms with van der Waals surface area (Å²) in [4.78, 5) is 13.1. The SMILES string of the molecule is CN1c2ccccc2C(C)(C)[C@]12C=Cc1cc(Cl)cc([N+](=O)[O-])c1O2. The normalized spacial score (nSPS) is 22.5. The van der Waals surface area contributed by atoms with Crippen LogP contribution in [-0.2, 0) is 5.41 Å². The van der Waals surface area contributed by atoms with Crippen LogP contribution in [0, 0.1) is 10.1 Å². The van der Waals surface area contributed by atoms with Gasteiger partial charge in [-0.15, -0.1) is 0 Å². The number of nitrogens with zero attached hydrogens (tertiary/aromatic N) is 2. The lowest BCUT2D eigenvalue weighted by atomic mass is 9.76. The van der Waals surface area contributed by atoms with Gasteiger partial charge in [-0.3, -0.25) is 10.1 Å². The number of nitro benzene ring substituents is 1. The Kier molecular flexibility index (Phi) is 3.19. The van der Waals surface area contributed by atoms with Crippen LogP contribution in [0.25, 0.3) is 6.08 Å². The van der Waals surface area contributed by atoms with Crippen LogP contribution in [0.2, 0.25) is 5.02 Å². The van der Waals surface area contributed by atoms with Crippen molar-refractivity contribution in [2.45, 2.75) is 25.0 Å². The molecule has 2 heterocycles. The van der Waals surface area contributed by atoms with Crippen LogP contribution in [0.4, 0.5) is 11.4 Å². The molecule has 0 bridgehead atoms. The number of para-hydroxylation sites is 1. The highest BCUT2D eigenvalue weighted by molar-refractivity contribution is 6.31. The molecule has 128 valence electrons. The predicted molar refractivity (Wildman–Crippen MR) is 98.4 cm³/mol. The standard InChI is InChI=1S/C19H17ClN2O3/c1-18(2)14-6-4-5-7-15(14)21(3)19(18)9-8-12-10-13(20)11-16(22(23)24)17(12)25-19/h4-11H,1-3H3/t19-/m1/s1.